The molecule has 0 aliphatic heterocycles. The molecule has 2 aromatic heterocycles. The predicted molar refractivity (Wildman–Crippen MR) is 90.8 cm³/mol. The van der Waals surface area contributed by atoms with Crippen molar-refractivity contribution in [3.63, 3.8) is 0 Å². The summed E-state index contributed by atoms with van der Waals surface area (Å²) in [7, 11) is 1.50. The molecule has 0 radical (unpaired) electrons. The van der Waals surface area contributed by atoms with Gasteiger partial charge in [-0.15, -0.1) is 10.2 Å². The van der Waals surface area contributed by atoms with E-state index in [1.54, 1.807) is 6.07 Å². The van der Waals surface area contributed by atoms with E-state index >= 15 is 0 Å². The molecule has 2 heterocycles. The summed E-state index contributed by atoms with van der Waals surface area (Å²) < 4.78 is 42.0. The Bertz CT molecular complexity index is 1040. The first kappa shape index (κ1) is 18.5. The zero-order chi connectivity index (χ0) is 19.9. The highest BCUT2D eigenvalue weighted by atomic mass is 19.4. The van der Waals surface area contributed by atoms with E-state index in [1.165, 1.54) is 43.7 Å². The number of aryl methyl sites for hydroxylation is 2. The van der Waals surface area contributed by atoms with Crippen LogP contribution in [0, 0.1) is 24.0 Å². The summed E-state index contributed by atoms with van der Waals surface area (Å²) in [6.07, 6.45) is -4.59. The summed E-state index contributed by atoms with van der Waals surface area (Å²) in [5, 5.41) is 18.8. The molecule has 0 unspecified atom stereocenters. The van der Waals surface area contributed by atoms with Gasteiger partial charge in [0.05, 0.1) is 16.1 Å². The molecule has 0 saturated carbocycles. The summed E-state index contributed by atoms with van der Waals surface area (Å²) in [6.45, 7) is 2.95. The van der Waals surface area contributed by atoms with Gasteiger partial charge in [-0.25, -0.2) is 0 Å². The third-order valence-electron chi connectivity index (χ3n) is 4.05. The van der Waals surface area contributed by atoms with Crippen LogP contribution in [0.25, 0.3) is 22.8 Å². The normalized spacial score (nSPS) is 11.6. The van der Waals surface area contributed by atoms with E-state index in [0.29, 0.717) is 5.56 Å². The summed E-state index contributed by atoms with van der Waals surface area (Å²) in [5.74, 6) is 0.190. The van der Waals surface area contributed by atoms with Crippen molar-refractivity contribution in [3.8, 4) is 22.8 Å². The first-order chi connectivity index (χ1) is 12.6. The lowest BCUT2D eigenvalue weighted by molar-refractivity contribution is -0.384. The zero-order valence-corrected chi connectivity index (χ0v) is 14.6. The lowest BCUT2D eigenvalue weighted by Crippen LogP contribution is -2.12. The molecule has 0 atom stereocenters. The van der Waals surface area contributed by atoms with Crippen LogP contribution < -0.4 is 0 Å². The Kier molecular flexibility index (Phi) is 4.42. The summed E-state index contributed by atoms with van der Waals surface area (Å²) in [4.78, 5) is 14.5. The molecule has 0 aliphatic carbocycles. The van der Waals surface area contributed by atoms with E-state index in [2.05, 4.69) is 15.2 Å². The van der Waals surface area contributed by atoms with Crippen molar-refractivity contribution >= 4 is 5.69 Å². The topological polar surface area (TPSA) is 86.7 Å². The molecule has 0 saturated heterocycles. The number of nitrogens with zero attached hydrogens (tertiary/aromatic N) is 5. The Morgan fingerprint density at radius 2 is 1.78 bits per heavy atom. The van der Waals surface area contributed by atoms with Gasteiger partial charge >= 0.3 is 6.18 Å². The molecular weight excluding hydrogens is 363 g/mol. The SMILES string of the molecule is Cc1cc(C(F)(F)F)c(-c2nnc(-c3cccc([N+](=O)[O-])c3)n2C)c(C)n1. The average Bonchev–Trinajstić information content (AvgIpc) is 2.95. The number of hydrogen-bond donors (Lipinski definition) is 0. The van der Waals surface area contributed by atoms with Gasteiger partial charge in [0.15, 0.2) is 11.6 Å². The molecular formula is C17H14F3N5O2. The quantitative estimate of drug-likeness (QED) is 0.507. The van der Waals surface area contributed by atoms with Crippen LogP contribution in [0.2, 0.25) is 0 Å². The highest BCUT2D eigenvalue weighted by Crippen LogP contribution is 2.38. The standard InChI is InChI=1S/C17H14F3N5O2/c1-9-7-13(17(18,19)20)14(10(2)21-9)16-23-22-15(24(16)3)11-5-4-6-12(8-11)25(26)27/h4-8H,1-3H3. The summed E-state index contributed by atoms with van der Waals surface area (Å²) >= 11 is 0. The number of pyridine rings is 1. The molecule has 1 aromatic carbocycles. The molecule has 3 aromatic rings. The molecule has 27 heavy (non-hydrogen) atoms. The lowest BCUT2D eigenvalue weighted by Gasteiger charge is -2.15. The lowest BCUT2D eigenvalue weighted by atomic mass is 10.0. The van der Waals surface area contributed by atoms with Gasteiger partial charge in [-0.2, -0.15) is 13.2 Å². The molecule has 0 aliphatic rings. The van der Waals surface area contributed by atoms with Gasteiger partial charge < -0.3 is 4.57 Å². The number of non-ortho nitro benzene ring substituents is 1. The van der Waals surface area contributed by atoms with E-state index in [1.807, 2.05) is 0 Å². The largest absolute Gasteiger partial charge is 0.417 e. The minimum absolute atomic E-state index is 0.0196. The third-order valence-corrected chi connectivity index (χ3v) is 4.05. The second-order valence-corrected chi connectivity index (χ2v) is 5.98. The van der Waals surface area contributed by atoms with Crippen LogP contribution in [0.3, 0.4) is 0 Å². The molecule has 140 valence electrons. The number of rotatable bonds is 3. The number of aromatic nitrogens is 4. The number of benzene rings is 1. The van der Waals surface area contributed by atoms with E-state index in [0.717, 1.165) is 6.07 Å². The van der Waals surface area contributed by atoms with Gasteiger partial charge in [-0.1, -0.05) is 12.1 Å². The van der Waals surface area contributed by atoms with Gasteiger partial charge in [0.1, 0.15) is 0 Å². The molecule has 0 N–H and O–H groups in total. The van der Waals surface area contributed by atoms with Gasteiger partial charge in [0.2, 0.25) is 0 Å². The maximum atomic E-state index is 13.5. The second-order valence-electron chi connectivity index (χ2n) is 5.98. The van der Waals surface area contributed by atoms with Crippen molar-refractivity contribution in [2.24, 2.45) is 7.05 Å². The Labute approximate surface area is 151 Å². The Balaban J connectivity index is 2.20. The van der Waals surface area contributed by atoms with E-state index in [4.69, 9.17) is 0 Å². The number of alkyl halides is 3. The first-order valence-electron chi connectivity index (χ1n) is 7.79. The highest BCUT2D eigenvalue weighted by molar-refractivity contribution is 5.68. The van der Waals surface area contributed by atoms with Gasteiger partial charge in [-0.05, 0) is 19.9 Å². The van der Waals surface area contributed by atoms with Crippen molar-refractivity contribution in [1.82, 2.24) is 19.7 Å². The Hall–Kier alpha value is -3.30. The van der Waals surface area contributed by atoms with Crippen LogP contribution >= 0.6 is 0 Å². The second kappa shape index (κ2) is 6.45. The summed E-state index contributed by atoms with van der Waals surface area (Å²) in [5.41, 5.74) is -0.389. The maximum Gasteiger partial charge on any atom is 0.417 e. The molecule has 0 fully saturated rings. The minimum Gasteiger partial charge on any atom is -0.310 e. The third kappa shape index (κ3) is 3.37. The smallest absolute Gasteiger partial charge is 0.310 e. The van der Waals surface area contributed by atoms with Gasteiger partial charge in [0, 0.05) is 36.1 Å². The zero-order valence-electron chi connectivity index (χ0n) is 14.6. The maximum absolute atomic E-state index is 13.5. The molecule has 7 nitrogen and oxygen atoms in total. The van der Waals surface area contributed by atoms with Crippen molar-refractivity contribution in [1.29, 1.82) is 0 Å². The number of nitro benzene ring substituents is 1. The molecule has 10 heteroatoms. The van der Waals surface area contributed by atoms with Crippen LogP contribution in [-0.2, 0) is 13.2 Å². The van der Waals surface area contributed by atoms with Crippen molar-refractivity contribution in [2.45, 2.75) is 20.0 Å². The van der Waals surface area contributed by atoms with Crippen LogP contribution in [0.15, 0.2) is 30.3 Å². The summed E-state index contributed by atoms with van der Waals surface area (Å²) in [6, 6.07) is 6.62. The number of halogens is 3. The van der Waals surface area contributed by atoms with Crippen LogP contribution in [0.4, 0.5) is 18.9 Å². The fraction of sp³-hybridized carbons (Fsp3) is 0.235. The van der Waals surface area contributed by atoms with E-state index < -0.39 is 16.7 Å². The van der Waals surface area contributed by atoms with Crippen LogP contribution in [0.1, 0.15) is 17.0 Å². The van der Waals surface area contributed by atoms with E-state index in [-0.39, 0.29) is 34.3 Å². The number of nitro groups is 1. The molecule has 0 amide bonds. The average molecular weight is 377 g/mol. The minimum atomic E-state index is -4.59. The van der Waals surface area contributed by atoms with Crippen LogP contribution in [-0.4, -0.2) is 24.7 Å². The number of hydrogen-bond acceptors (Lipinski definition) is 5. The first-order valence-corrected chi connectivity index (χ1v) is 7.79. The Morgan fingerprint density at radius 3 is 2.41 bits per heavy atom. The van der Waals surface area contributed by atoms with E-state index in [9.17, 15) is 23.3 Å². The molecule has 3 rings (SSSR count). The van der Waals surface area contributed by atoms with Crippen molar-refractivity contribution in [2.75, 3.05) is 0 Å². The van der Waals surface area contributed by atoms with Gasteiger partial charge in [0.25, 0.3) is 5.69 Å². The monoisotopic (exact) mass is 377 g/mol. The fourth-order valence-corrected chi connectivity index (χ4v) is 2.89. The molecule has 0 spiro atoms. The highest BCUT2D eigenvalue weighted by Gasteiger charge is 2.36. The molecule has 0 bridgehead atoms. The Morgan fingerprint density at radius 1 is 1.11 bits per heavy atom. The van der Waals surface area contributed by atoms with Crippen molar-refractivity contribution in [3.05, 3.63) is 57.4 Å². The fourth-order valence-electron chi connectivity index (χ4n) is 2.89. The van der Waals surface area contributed by atoms with Gasteiger partial charge in [-0.3, -0.25) is 15.1 Å². The van der Waals surface area contributed by atoms with Crippen molar-refractivity contribution < 1.29 is 18.1 Å². The predicted octanol–water partition coefficient (Wildman–Crippen LogP) is 4.09. The van der Waals surface area contributed by atoms with Crippen LogP contribution in [0.5, 0.6) is 0 Å².